The summed E-state index contributed by atoms with van der Waals surface area (Å²) in [5.74, 6) is -0.870. The number of hydrogen-bond acceptors (Lipinski definition) is 2. The number of carboxylic acids is 1. The third-order valence-corrected chi connectivity index (χ3v) is 2.82. The summed E-state index contributed by atoms with van der Waals surface area (Å²) in [6, 6.07) is 5.64. The molecule has 0 unspecified atom stereocenters. The quantitative estimate of drug-likeness (QED) is 0.790. The second kappa shape index (κ2) is 6.30. The monoisotopic (exact) mass is 253 g/mol. The lowest BCUT2D eigenvalue weighted by molar-refractivity contribution is -0.132. The number of carbonyl (C=O) groups is 1. The molecule has 0 saturated heterocycles. The summed E-state index contributed by atoms with van der Waals surface area (Å²) in [6.07, 6.45) is 2.18. The molecule has 4 heteroatoms. The summed E-state index contributed by atoms with van der Waals surface area (Å²) in [5, 5.41) is 12.6. The van der Waals surface area contributed by atoms with Gasteiger partial charge in [-0.1, -0.05) is 36.7 Å². The summed E-state index contributed by atoms with van der Waals surface area (Å²) in [4.78, 5) is 10.8. The maximum absolute atomic E-state index is 10.8. The second-order valence-corrected chi connectivity index (χ2v) is 4.11. The van der Waals surface area contributed by atoms with E-state index in [1.807, 2.05) is 26.0 Å². The van der Waals surface area contributed by atoms with Gasteiger partial charge in [0.2, 0.25) is 0 Å². The second-order valence-electron chi connectivity index (χ2n) is 3.70. The average molecular weight is 254 g/mol. The standard InChI is InChI=1S/C13H16ClNO2/c1-3-10(13(16)17)7-8-15-12-9(2)5-4-6-11(12)14/h4-7,15H,3,8H2,1-2H3,(H,16,17)/b10-7-. The maximum atomic E-state index is 10.8. The van der Waals surface area contributed by atoms with Crippen LogP contribution in [0.5, 0.6) is 0 Å². The Kier molecular flexibility index (Phi) is 5.04. The molecule has 0 fully saturated rings. The van der Waals surface area contributed by atoms with E-state index in [0.29, 0.717) is 23.6 Å². The number of aryl methyl sites for hydroxylation is 1. The van der Waals surface area contributed by atoms with Crippen molar-refractivity contribution in [3.05, 3.63) is 40.4 Å². The van der Waals surface area contributed by atoms with Crippen molar-refractivity contribution in [1.82, 2.24) is 0 Å². The maximum Gasteiger partial charge on any atom is 0.331 e. The van der Waals surface area contributed by atoms with E-state index in [2.05, 4.69) is 5.32 Å². The Morgan fingerprint density at radius 2 is 2.24 bits per heavy atom. The van der Waals surface area contributed by atoms with Crippen molar-refractivity contribution in [3.63, 3.8) is 0 Å². The van der Waals surface area contributed by atoms with Gasteiger partial charge in [0.25, 0.3) is 0 Å². The van der Waals surface area contributed by atoms with Crippen molar-refractivity contribution in [2.45, 2.75) is 20.3 Å². The summed E-state index contributed by atoms with van der Waals surface area (Å²) in [5.41, 5.74) is 2.30. The van der Waals surface area contributed by atoms with Crippen LogP contribution in [0.15, 0.2) is 29.8 Å². The Balaban J connectivity index is 2.71. The van der Waals surface area contributed by atoms with Crippen LogP contribution in [-0.2, 0) is 4.79 Å². The number of halogens is 1. The molecule has 0 aliphatic rings. The zero-order valence-electron chi connectivity index (χ0n) is 9.96. The van der Waals surface area contributed by atoms with Gasteiger partial charge in [0.05, 0.1) is 10.7 Å². The SMILES string of the molecule is CC/C(=C/CNc1c(C)cccc1Cl)C(=O)O. The van der Waals surface area contributed by atoms with Crippen LogP contribution < -0.4 is 5.32 Å². The molecule has 1 rings (SSSR count). The van der Waals surface area contributed by atoms with Crippen molar-refractivity contribution in [2.24, 2.45) is 0 Å². The lowest BCUT2D eigenvalue weighted by atomic mass is 10.2. The van der Waals surface area contributed by atoms with Crippen LogP contribution in [0.1, 0.15) is 18.9 Å². The number of nitrogens with one attached hydrogen (secondary N) is 1. The van der Waals surface area contributed by atoms with Crippen LogP contribution in [0.4, 0.5) is 5.69 Å². The zero-order chi connectivity index (χ0) is 12.8. The summed E-state index contributed by atoms with van der Waals surface area (Å²) in [7, 11) is 0. The minimum Gasteiger partial charge on any atom is -0.478 e. The highest BCUT2D eigenvalue weighted by Gasteiger charge is 2.04. The number of hydrogen-bond donors (Lipinski definition) is 2. The highest BCUT2D eigenvalue weighted by molar-refractivity contribution is 6.33. The molecular weight excluding hydrogens is 238 g/mol. The Hall–Kier alpha value is -1.48. The molecule has 17 heavy (non-hydrogen) atoms. The number of rotatable bonds is 5. The Morgan fingerprint density at radius 3 is 2.76 bits per heavy atom. The molecule has 0 aliphatic heterocycles. The molecular formula is C13H16ClNO2. The lowest BCUT2D eigenvalue weighted by Crippen LogP contribution is -2.05. The number of anilines is 1. The van der Waals surface area contributed by atoms with Gasteiger partial charge < -0.3 is 10.4 Å². The van der Waals surface area contributed by atoms with E-state index in [1.54, 1.807) is 12.1 Å². The molecule has 0 spiro atoms. The Bertz CT molecular complexity index is 421. The molecule has 0 radical (unpaired) electrons. The Morgan fingerprint density at radius 1 is 1.53 bits per heavy atom. The van der Waals surface area contributed by atoms with Gasteiger partial charge >= 0.3 is 5.97 Å². The van der Waals surface area contributed by atoms with E-state index in [-0.39, 0.29) is 0 Å². The number of carboxylic acid groups (broad SMARTS) is 1. The first-order valence-electron chi connectivity index (χ1n) is 5.47. The predicted octanol–water partition coefficient (Wildman–Crippen LogP) is 3.48. The van der Waals surface area contributed by atoms with Crippen molar-refractivity contribution in [2.75, 3.05) is 11.9 Å². The van der Waals surface area contributed by atoms with Gasteiger partial charge in [-0.3, -0.25) is 0 Å². The first-order valence-corrected chi connectivity index (χ1v) is 5.85. The molecule has 0 amide bonds. The zero-order valence-corrected chi connectivity index (χ0v) is 10.7. The van der Waals surface area contributed by atoms with Crippen molar-refractivity contribution in [3.8, 4) is 0 Å². The van der Waals surface area contributed by atoms with Crippen LogP contribution in [0.25, 0.3) is 0 Å². The fraction of sp³-hybridized carbons (Fsp3) is 0.308. The van der Waals surface area contributed by atoms with Crippen LogP contribution in [0.2, 0.25) is 5.02 Å². The first-order chi connectivity index (χ1) is 8.06. The molecule has 0 saturated carbocycles. The fourth-order valence-corrected chi connectivity index (χ4v) is 1.80. The van der Waals surface area contributed by atoms with Crippen LogP contribution >= 0.6 is 11.6 Å². The highest BCUT2D eigenvalue weighted by atomic mass is 35.5. The largest absolute Gasteiger partial charge is 0.478 e. The van der Waals surface area contributed by atoms with Gasteiger partial charge in [0.1, 0.15) is 0 Å². The van der Waals surface area contributed by atoms with Gasteiger partial charge in [0.15, 0.2) is 0 Å². The van der Waals surface area contributed by atoms with Gasteiger partial charge in [-0.2, -0.15) is 0 Å². The van der Waals surface area contributed by atoms with Crippen LogP contribution in [0.3, 0.4) is 0 Å². The molecule has 0 bridgehead atoms. The van der Waals surface area contributed by atoms with Gasteiger partial charge in [-0.05, 0) is 25.0 Å². The molecule has 1 aromatic rings. The fourth-order valence-electron chi connectivity index (χ4n) is 1.51. The normalized spacial score (nSPS) is 11.4. The third kappa shape index (κ3) is 3.79. The van der Waals surface area contributed by atoms with E-state index in [4.69, 9.17) is 16.7 Å². The minimum absolute atomic E-state index is 0.405. The first kappa shape index (κ1) is 13.6. The van der Waals surface area contributed by atoms with Crippen molar-refractivity contribution in [1.29, 1.82) is 0 Å². The minimum atomic E-state index is -0.870. The summed E-state index contributed by atoms with van der Waals surface area (Å²) in [6.45, 7) is 4.23. The van der Waals surface area contributed by atoms with E-state index in [1.165, 1.54) is 0 Å². The van der Waals surface area contributed by atoms with Crippen LogP contribution in [0, 0.1) is 6.92 Å². The predicted molar refractivity (Wildman–Crippen MR) is 70.7 cm³/mol. The van der Waals surface area contributed by atoms with E-state index < -0.39 is 5.97 Å². The smallest absolute Gasteiger partial charge is 0.331 e. The van der Waals surface area contributed by atoms with Crippen LogP contribution in [-0.4, -0.2) is 17.6 Å². The topological polar surface area (TPSA) is 49.3 Å². The Labute approximate surface area is 106 Å². The van der Waals surface area contributed by atoms with E-state index >= 15 is 0 Å². The number of aliphatic carboxylic acids is 1. The molecule has 1 aromatic carbocycles. The van der Waals surface area contributed by atoms with Gasteiger partial charge in [0, 0.05) is 12.1 Å². The molecule has 3 nitrogen and oxygen atoms in total. The highest BCUT2D eigenvalue weighted by Crippen LogP contribution is 2.24. The molecule has 0 aromatic heterocycles. The molecule has 92 valence electrons. The average Bonchev–Trinajstić information content (AvgIpc) is 2.27. The number of para-hydroxylation sites is 1. The third-order valence-electron chi connectivity index (χ3n) is 2.50. The molecule has 0 aliphatic carbocycles. The van der Waals surface area contributed by atoms with Crippen molar-refractivity contribution < 1.29 is 9.90 Å². The lowest BCUT2D eigenvalue weighted by Gasteiger charge is -2.09. The van der Waals surface area contributed by atoms with E-state index in [9.17, 15) is 4.79 Å². The summed E-state index contributed by atoms with van der Waals surface area (Å²) < 4.78 is 0. The van der Waals surface area contributed by atoms with Gasteiger partial charge in [-0.25, -0.2) is 4.79 Å². The number of benzene rings is 1. The van der Waals surface area contributed by atoms with Crippen molar-refractivity contribution >= 4 is 23.3 Å². The molecule has 0 atom stereocenters. The summed E-state index contributed by atoms with van der Waals surface area (Å²) >= 11 is 6.04. The molecule has 2 N–H and O–H groups in total. The van der Waals surface area contributed by atoms with Gasteiger partial charge in [-0.15, -0.1) is 0 Å². The molecule has 0 heterocycles. The van der Waals surface area contributed by atoms with E-state index in [0.717, 1.165) is 11.3 Å².